The highest BCUT2D eigenvalue weighted by atomic mass is 16.2. The third-order valence-corrected chi connectivity index (χ3v) is 5.55. The van der Waals surface area contributed by atoms with Gasteiger partial charge in [-0.15, -0.1) is 0 Å². The minimum atomic E-state index is -0.110. The topological polar surface area (TPSA) is 40.6 Å². The Balaban J connectivity index is 1.68. The van der Waals surface area contributed by atoms with Crippen LogP contribution in [0.4, 0.5) is 0 Å². The maximum absolute atomic E-state index is 13.1. The molecule has 1 aliphatic heterocycles. The van der Waals surface area contributed by atoms with Crippen LogP contribution in [0.2, 0.25) is 0 Å². The lowest BCUT2D eigenvalue weighted by Crippen LogP contribution is -2.46. The molecular weight excluding hydrogens is 360 g/mol. The molecule has 0 bridgehead atoms. The number of hydrogen-bond donors (Lipinski definition) is 0. The van der Waals surface area contributed by atoms with Gasteiger partial charge in [-0.3, -0.25) is 9.59 Å². The van der Waals surface area contributed by atoms with Crippen molar-refractivity contribution in [3.8, 4) is 0 Å². The van der Waals surface area contributed by atoms with E-state index in [1.165, 1.54) is 11.1 Å². The number of amides is 2. The molecule has 4 nitrogen and oxygen atoms in total. The number of unbranched alkanes of at least 4 members (excludes halogenated alkanes) is 1. The zero-order valence-electron chi connectivity index (χ0n) is 17.4. The van der Waals surface area contributed by atoms with Gasteiger partial charge in [0.25, 0.3) is 0 Å². The van der Waals surface area contributed by atoms with E-state index in [2.05, 4.69) is 26.0 Å². The van der Waals surface area contributed by atoms with Crippen LogP contribution in [0.25, 0.3) is 6.08 Å². The SMILES string of the molecule is CCCCN(CC(=O)N1CCc2ccccc2C1C)C(=O)/C=C/c1ccccc1. The fraction of sp³-hybridized carbons (Fsp3) is 0.360. The normalized spacial score (nSPS) is 15.9. The first-order valence-electron chi connectivity index (χ1n) is 10.5. The van der Waals surface area contributed by atoms with Gasteiger partial charge in [0, 0.05) is 19.2 Å². The van der Waals surface area contributed by atoms with E-state index in [4.69, 9.17) is 0 Å². The van der Waals surface area contributed by atoms with Gasteiger partial charge in [0.2, 0.25) is 11.8 Å². The van der Waals surface area contributed by atoms with E-state index in [0.29, 0.717) is 13.1 Å². The number of fused-ring (bicyclic) bond motifs is 1. The minimum Gasteiger partial charge on any atom is -0.334 e. The molecule has 0 radical (unpaired) electrons. The average molecular weight is 391 g/mol. The molecule has 0 aromatic heterocycles. The Kier molecular flexibility index (Phi) is 7.23. The van der Waals surface area contributed by atoms with Crippen molar-refractivity contribution in [2.75, 3.05) is 19.6 Å². The number of carbonyl (C=O) groups is 2. The molecule has 2 aromatic carbocycles. The molecule has 2 amide bonds. The Hall–Kier alpha value is -2.88. The van der Waals surface area contributed by atoms with E-state index < -0.39 is 0 Å². The molecule has 3 rings (SSSR count). The summed E-state index contributed by atoms with van der Waals surface area (Å²) in [6.07, 6.45) is 6.12. The molecule has 0 N–H and O–H groups in total. The summed E-state index contributed by atoms with van der Waals surface area (Å²) >= 11 is 0. The van der Waals surface area contributed by atoms with Crippen molar-refractivity contribution in [1.82, 2.24) is 9.80 Å². The predicted octanol–water partition coefficient (Wildman–Crippen LogP) is 4.47. The molecule has 2 aromatic rings. The predicted molar refractivity (Wildman–Crippen MR) is 117 cm³/mol. The molecule has 152 valence electrons. The first-order chi connectivity index (χ1) is 14.1. The summed E-state index contributed by atoms with van der Waals surface area (Å²) in [7, 11) is 0. The number of carbonyl (C=O) groups excluding carboxylic acids is 2. The van der Waals surface area contributed by atoms with Gasteiger partial charge in [-0.05, 0) is 42.5 Å². The van der Waals surface area contributed by atoms with Gasteiger partial charge in [0.05, 0.1) is 6.04 Å². The molecule has 0 spiro atoms. The lowest BCUT2D eigenvalue weighted by molar-refractivity contribution is -0.140. The molecule has 4 heteroatoms. The van der Waals surface area contributed by atoms with Gasteiger partial charge in [-0.1, -0.05) is 67.9 Å². The summed E-state index contributed by atoms with van der Waals surface area (Å²) in [5, 5.41) is 0. The first-order valence-corrected chi connectivity index (χ1v) is 10.5. The standard InChI is InChI=1S/C25H30N2O2/c1-3-4-17-26(24(28)15-14-21-10-6-5-7-11-21)19-25(29)27-18-16-22-12-8-9-13-23(22)20(27)2/h5-15,20H,3-4,16-19H2,1-2H3/b15-14+. The average Bonchev–Trinajstić information content (AvgIpc) is 2.76. The summed E-state index contributed by atoms with van der Waals surface area (Å²) in [6.45, 7) is 5.59. The zero-order chi connectivity index (χ0) is 20.6. The second-order valence-corrected chi connectivity index (χ2v) is 7.57. The van der Waals surface area contributed by atoms with Crippen LogP contribution in [-0.4, -0.2) is 41.2 Å². The van der Waals surface area contributed by atoms with Crippen molar-refractivity contribution in [2.45, 2.75) is 39.2 Å². The summed E-state index contributed by atoms with van der Waals surface area (Å²) < 4.78 is 0. The second-order valence-electron chi connectivity index (χ2n) is 7.57. The van der Waals surface area contributed by atoms with Crippen LogP contribution in [0.3, 0.4) is 0 Å². The highest BCUT2D eigenvalue weighted by Crippen LogP contribution is 2.29. The van der Waals surface area contributed by atoms with Gasteiger partial charge in [0.15, 0.2) is 0 Å². The number of rotatable bonds is 7. The quantitative estimate of drug-likeness (QED) is 0.654. The van der Waals surface area contributed by atoms with E-state index in [-0.39, 0.29) is 24.4 Å². The number of hydrogen-bond acceptors (Lipinski definition) is 2. The van der Waals surface area contributed by atoms with Crippen molar-refractivity contribution >= 4 is 17.9 Å². The van der Waals surface area contributed by atoms with E-state index in [0.717, 1.165) is 24.8 Å². The van der Waals surface area contributed by atoms with Crippen molar-refractivity contribution in [2.24, 2.45) is 0 Å². The van der Waals surface area contributed by atoms with Crippen molar-refractivity contribution in [1.29, 1.82) is 0 Å². The fourth-order valence-corrected chi connectivity index (χ4v) is 3.82. The van der Waals surface area contributed by atoms with Gasteiger partial charge in [-0.2, -0.15) is 0 Å². The zero-order valence-corrected chi connectivity index (χ0v) is 17.4. The Morgan fingerprint density at radius 3 is 2.59 bits per heavy atom. The summed E-state index contributed by atoms with van der Waals surface area (Å²) in [6, 6.07) is 18.1. The number of nitrogens with zero attached hydrogens (tertiary/aromatic N) is 2. The molecular formula is C25H30N2O2. The molecule has 0 saturated carbocycles. The highest BCUT2D eigenvalue weighted by molar-refractivity contribution is 5.94. The monoisotopic (exact) mass is 390 g/mol. The van der Waals surface area contributed by atoms with Gasteiger partial charge >= 0.3 is 0 Å². The molecule has 0 saturated heterocycles. The van der Waals surface area contributed by atoms with Gasteiger partial charge in [0.1, 0.15) is 6.54 Å². The van der Waals surface area contributed by atoms with Crippen molar-refractivity contribution < 1.29 is 9.59 Å². The minimum absolute atomic E-state index is 0.0181. The van der Waals surface area contributed by atoms with Crippen LogP contribution in [-0.2, 0) is 16.0 Å². The molecule has 1 unspecified atom stereocenters. The third-order valence-electron chi connectivity index (χ3n) is 5.55. The van der Waals surface area contributed by atoms with Crippen LogP contribution in [0, 0.1) is 0 Å². The molecule has 0 fully saturated rings. The Labute approximate surface area is 173 Å². The number of benzene rings is 2. The van der Waals surface area contributed by atoms with Crippen LogP contribution >= 0.6 is 0 Å². The summed E-state index contributed by atoms with van der Waals surface area (Å²) in [5.74, 6) is -0.0923. The second kappa shape index (κ2) is 10.1. The van der Waals surface area contributed by atoms with Crippen LogP contribution in [0.1, 0.15) is 49.4 Å². The third kappa shape index (κ3) is 5.35. The van der Waals surface area contributed by atoms with E-state index in [1.54, 1.807) is 11.0 Å². The summed E-state index contributed by atoms with van der Waals surface area (Å²) in [4.78, 5) is 29.5. The smallest absolute Gasteiger partial charge is 0.247 e. The first kappa shape index (κ1) is 20.8. The Morgan fingerprint density at radius 1 is 1.10 bits per heavy atom. The van der Waals surface area contributed by atoms with Gasteiger partial charge < -0.3 is 9.80 Å². The fourth-order valence-electron chi connectivity index (χ4n) is 3.82. The molecule has 1 heterocycles. The lowest BCUT2D eigenvalue weighted by Gasteiger charge is -2.36. The van der Waals surface area contributed by atoms with E-state index in [1.807, 2.05) is 53.4 Å². The molecule has 29 heavy (non-hydrogen) atoms. The van der Waals surface area contributed by atoms with Crippen molar-refractivity contribution in [3.63, 3.8) is 0 Å². The molecule has 1 atom stereocenters. The maximum atomic E-state index is 13.1. The Bertz CT molecular complexity index is 860. The highest BCUT2D eigenvalue weighted by Gasteiger charge is 2.28. The molecule has 1 aliphatic rings. The summed E-state index contributed by atoms with van der Waals surface area (Å²) in [5.41, 5.74) is 3.50. The lowest BCUT2D eigenvalue weighted by atomic mass is 9.93. The van der Waals surface area contributed by atoms with Crippen LogP contribution in [0.15, 0.2) is 60.7 Å². The van der Waals surface area contributed by atoms with Gasteiger partial charge in [-0.25, -0.2) is 0 Å². The molecule has 0 aliphatic carbocycles. The van der Waals surface area contributed by atoms with E-state index >= 15 is 0 Å². The largest absolute Gasteiger partial charge is 0.334 e. The van der Waals surface area contributed by atoms with Crippen molar-refractivity contribution in [3.05, 3.63) is 77.4 Å². The van der Waals surface area contributed by atoms with Crippen LogP contribution in [0.5, 0.6) is 0 Å². The van der Waals surface area contributed by atoms with Crippen LogP contribution < -0.4 is 0 Å². The van der Waals surface area contributed by atoms with E-state index in [9.17, 15) is 9.59 Å². The maximum Gasteiger partial charge on any atom is 0.247 e. The Morgan fingerprint density at radius 2 is 1.83 bits per heavy atom.